The Labute approximate surface area is 235 Å². The Morgan fingerprint density at radius 3 is 2.73 bits per heavy atom. The number of anilines is 1. The molecule has 1 fully saturated rings. The minimum absolute atomic E-state index is 0.0114. The van der Waals surface area contributed by atoms with Crippen LogP contribution in [0, 0.1) is 12.8 Å². The summed E-state index contributed by atoms with van der Waals surface area (Å²) in [5, 5.41) is 8.61. The van der Waals surface area contributed by atoms with Gasteiger partial charge in [0.05, 0.1) is 17.9 Å². The molecular formula is C28H37N5O6S. The number of aromatic nitrogens is 1. The monoisotopic (exact) mass is 571 g/mol. The maximum Gasteiger partial charge on any atom is 0.330 e. The highest BCUT2D eigenvalue weighted by atomic mass is 32.2. The molecule has 216 valence electrons. The lowest BCUT2D eigenvalue weighted by Gasteiger charge is -2.37. The molecule has 0 radical (unpaired) electrons. The number of carbonyl (C=O) groups excluding carboxylic acids is 3. The summed E-state index contributed by atoms with van der Waals surface area (Å²) in [6.07, 6.45) is 4.64. The quantitative estimate of drug-likeness (QED) is 0.257. The number of amides is 2. The molecule has 11 nitrogen and oxygen atoms in total. The lowest BCUT2D eigenvalue weighted by atomic mass is 10.0. The summed E-state index contributed by atoms with van der Waals surface area (Å²) in [5.41, 5.74) is 3.05. The van der Waals surface area contributed by atoms with Gasteiger partial charge in [-0.1, -0.05) is 18.2 Å². The number of nitrogens with zero attached hydrogens (tertiary/aromatic N) is 2. The fourth-order valence-corrected chi connectivity index (χ4v) is 6.39. The van der Waals surface area contributed by atoms with Gasteiger partial charge >= 0.3 is 5.97 Å². The number of carbonyl (C=O) groups is 3. The third kappa shape index (κ3) is 7.36. The van der Waals surface area contributed by atoms with Gasteiger partial charge in [-0.2, -0.15) is 4.31 Å². The Bertz CT molecular complexity index is 1340. The van der Waals surface area contributed by atoms with Crippen molar-refractivity contribution in [1.82, 2.24) is 19.9 Å². The third-order valence-corrected chi connectivity index (χ3v) is 9.02. The van der Waals surface area contributed by atoms with Crippen molar-refractivity contribution in [3.63, 3.8) is 0 Å². The molecule has 1 saturated heterocycles. The van der Waals surface area contributed by atoms with Crippen LogP contribution >= 0.6 is 0 Å². The SMILES string of the molecule is COC(=O)[C@H](CNC(=O)CCCCc1ccc2c(n1)NCCC2)NC(=O)C1CN(S(=O)(=O)c2cccc(C)c2)C1. The fraction of sp³-hybridized carbons (Fsp3) is 0.500. The highest BCUT2D eigenvalue weighted by Gasteiger charge is 2.41. The largest absolute Gasteiger partial charge is 0.467 e. The number of hydrogen-bond acceptors (Lipinski definition) is 8. The first-order valence-electron chi connectivity index (χ1n) is 13.6. The summed E-state index contributed by atoms with van der Waals surface area (Å²) in [4.78, 5) is 42.2. The summed E-state index contributed by atoms with van der Waals surface area (Å²) < 4.78 is 31.6. The molecule has 2 aliphatic heterocycles. The van der Waals surface area contributed by atoms with E-state index in [-0.39, 0.29) is 36.9 Å². The Hall–Kier alpha value is -3.51. The second-order valence-corrected chi connectivity index (χ2v) is 12.2. The van der Waals surface area contributed by atoms with Gasteiger partial charge in [0.2, 0.25) is 21.8 Å². The molecular weight excluding hydrogens is 534 g/mol. The third-order valence-electron chi connectivity index (χ3n) is 7.19. The Kier molecular flexibility index (Phi) is 9.75. The van der Waals surface area contributed by atoms with Crippen molar-refractivity contribution in [3.8, 4) is 0 Å². The number of fused-ring (bicyclic) bond motifs is 1. The van der Waals surface area contributed by atoms with Gasteiger partial charge in [-0.15, -0.1) is 0 Å². The number of hydrogen-bond donors (Lipinski definition) is 3. The van der Waals surface area contributed by atoms with E-state index in [0.717, 1.165) is 49.3 Å². The van der Waals surface area contributed by atoms with Gasteiger partial charge in [-0.3, -0.25) is 9.59 Å². The topological polar surface area (TPSA) is 147 Å². The van der Waals surface area contributed by atoms with Crippen LogP contribution in [0.25, 0.3) is 0 Å². The molecule has 2 aromatic rings. The molecule has 2 aliphatic rings. The number of methoxy groups -OCH3 is 1. The first kappa shape index (κ1) is 29.5. The van der Waals surface area contributed by atoms with E-state index in [1.807, 2.05) is 19.1 Å². The van der Waals surface area contributed by atoms with Crippen molar-refractivity contribution in [2.75, 3.05) is 38.6 Å². The molecule has 40 heavy (non-hydrogen) atoms. The van der Waals surface area contributed by atoms with Crippen molar-refractivity contribution in [3.05, 3.63) is 53.2 Å². The molecule has 1 atom stereocenters. The summed E-state index contributed by atoms with van der Waals surface area (Å²) >= 11 is 0. The highest BCUT2D eigenvalue weighted by molar-refractivity contribution is 7.89. The first-order chi connectivity index (χ1) is 19.2. The number of sulfonamides is 1. The van der Waals surface area contributed by atoms with Crippen LogP contribution in [0.1, 0.15) is 42.5 Å². The molecule has 0 unspecified atom stereocenters. The van der Waals surface area contributed by atoms with Crippen molar-refractivity contribution in [1.29, 1.82) is 0 Å². The van der Waals surface area contributed by atoms with Gasteiger partial charge in [0.1, 0.15) is 11.9 Å². The zero-order valence-electron chi connectivity index (χ0n) is 22.9. The first-order valence-corrected chi connectivity index (χ1v) is 15.1. The average Bonchev–Trinajstić information content (AvgIpc) is 2.91. The number of unbranched alkanes of at least 4 members (excludes halogenated alkanes) is 1. The minimum Gasteiger partial charge on any atom is -0.467 e. The van der Waals surface area contributed by atoms with Crippen LogP contribution in [0.3, 0.4) is 0 Å². The van der Waals surface area contributed by atoms with Crippen molar-refractivity contribution < 1.29 is 27.5 Å². The van der Waals surface area contributed by atoms with Crippen molar-refractivity contribution in [2.45, 2.75) is 56.4 Å². The van der Waals surface area contributed by atoms with Gasteiger partial charge in [-0.25, -0.2) is 18.2 Å². The lowest BCUT2D eigenvalue weighted by Crippen LogP contribution is -2.59. The van der Waals surface area contributed by atoms with Crippen LogP contribution in [-0.4, -0.2) is 74.8 Å². The van der Waals surface area contributed by atoms with Crippen LogP contribution in [-0.2, 0) is 42.0 Å². The molecule has 3 N–H and O–H groups in total. The maximum absolute atomic E-state index is 12.8. The Morgan fingerprint density at radius 2 is 1.98 bits per heavy atom. The van der Waals surface area contributed by atoms with E-state index in [9.17, 15) is 22.8 Å². The number of esters is 1. The predicted octanol–water partition coefficient (Wildman–Crippen LogP) is 1.56. The summed E-state index contributed by atoms with van der Waals surface area (Å²) in [7, 11) is -2.50. The lowest BCUT2D eigenvalue weighted by molar-refractivity contribution is -0.146. The van der Waals surface area contributed by atoms with E-state index in [4.69, 9.17) is 4.74 Å². The van der Waals surface area contributed by atoms with Crippen LogP contribution in [0.2, 0.25) is 0 Å². The molecule has 1 aromatic carbocycles. The molecule has 0 saturated carbocycles. The fourth-order valence-electron chi connectivity index (χ4n) is 4.75. The zero-order valence-corrected chi connectivity index (χ0v) is 23.8. The molecule has 1 aromatic heterocycles. The Balaban J connectivity index is 1.19. The van der Waals surface area contributed by atoms with E-state index in [2.05, 4.69) is 27.0 Å². The van der Waals surface area contributed by atoms with E-state index >= 15 is 0 Å². The van der Waals surface area contributed by atoms with E-state index in [1.165, 1.54) is 23.0 Å². The summed E-state index contributed by atoms with van der Waals surface area (Å²) in [5.74, 6) is -1.03. The standard InChI is InChI=1S/C28H37N5O6S/c1-19-7-5-10-23(15-19)40(37,38)33-17-21(18-33)27(35)32-24(28(36)39-2)16-30-25(34)11-4-3-9-22-13-12-20-8-6-14-29-26(20)31-22/h5,7,10,12-13,15,21,24H,3-4,6,8-9,11,14,16-18H2,1-2H3,(H,29,31)(H,30,34)(H,32,35)/t24-/m0/s1. The number of aryl methyl sites for hydroxylation is 3. The van der Waals surface area contributed by atoms with Gasteiger partial charge in [0, 0.05) is 38.3 Å². The van der Waals surface area contributed by atoms with Gasteiger partial charge in [0.15, 0.2) is 0 Å². The smallest absolute Gasteiger partial charge is 0.330 e. The summed E-state index contributed by atoms with van der Waals surface area (Å²) in [6, 6.07) is 9.66. The van der Waals surface area contributed by atoms with Crippen LogP contribution < -0.4 is 16.0 Å². The number of ether oxygens (including phenoxy) is 1. The van der Waals surface area contributed by atoms with Gasteiger partial charge in [-0.05, 0) is 68.4 Å². The number of nitrogens with one attached hydrogen (secondary N) is 3. The molecule has 0 spiro atoms. The van der Waals surface area contributed by atoms with Crippen LogP contribution in [0.5, 0.6) is 0 Å². The van der Waals surface area contributed by atoms with Crippen LogP contribution in [0.4, 0.5) is 5.82 Å². The Morgan fingerprint density at radius 1 is 1.18 bits per heavy atom. The zero-order chi connectivity index (χ0) is 28.7. The van der Waals surface area contributed by atoms with Crippen molar-refractivity contribution >= 4 is 33.6 Å². The molecule has 2 amide bonds. The molecule has 0 aliphatic carbocycles. The molecule has 3 heterocycles. The van der Waals surface area contributed by atoms with Gasteiger partial charge in [0.25, 0.3) is 0 Å². The van der Waals surface area contributed by atoms with Gasteiger partial charge < -0.3 is 20.7 Å². The number of pyridine rings is 1. The second kappa shape index (κ2) is 13.2. The maximum atomic E-state index is 12.8. The predicted molar refractivity (Wildman–Crippen MR) is 149 cm³/mol. The number of rotatable bonds is 12. The molecule has 4 rings (SSSR count). The average molecular weight is 572 g/mol. The molecule has 12 heteroatoms. The minimum atomic E-state index is -3.70. The normalized spacial score (nSPS) is 16.1. The van der Waals surface area contributed by atoms with E-state index in [1.54, 1.807) is 12.1 Å². The second-order valence-electron chi connectivity index (χ2n) is 10.3. The van der Waals surface area contributed by atoms with E-state index < -0.39 is 33.9 Å². The van der Waals surface area contributed by atoms with E-state index in [0.29, 0.717) is 6.42 Å². The molecule has 0 bridgehead atoms. The summed E-state index contributed by atoms with van der Waals surface area (Å²) in [6.45, 7) is 2.65. The van der Waals surface area contributed by atoms with Crippen molar-refractivity contribution in [2.24, 2.45) is 5.92 Å². The van der Waals surface area contributed by atoms with Crippen LogP contribution in [0.15, 0.2) is 41.3 Å². The highest BCUT2D eigenvalue weighted by Crippen LogP contribution is 2.26. The number of benzene rings is 1.